The Labute approximate surface area is 463 Å². The molecule has 4 aliphatic heterocycles. The molecule has 0 N–H and O–H groups in total. The van der Waals surface area contributed by atoms with Crippen molar-refractivity contribution in [1.29, 1.82) is 0 Å². The highest BCUT2D eigenvalue weighted by molar-refractivity contribution is 7.02. The first-order valence-corrected chi connectivity index (χ1v) is 27.7. The molecule has 0 spiro atoms. The van der Waals surface area contributed by atoms with Gasteiger partial charge in [0.05, 0.1) is 33.4 Å². The molecule has 0 fully saturated rings. The molecule has 0 radical (unpaired) electrons. The van der Waals surface area contributed by atoms with E-state index >= 15 is 0 Å². The maximum Gasteiger partial charge on any atom is 0.256 e. The Balaban J connectivity index is 1.01. The van der Waals surface area contributed by atoms with Gasteiger partial charge in [-0.15, -0.1) is 0 Å². The van der Waals surface area contributed by atoms with E-state index in [4.69, 9.17) is 4.74 Å². The third-order valence-electron chi connectivity index (χ3n) is 17.4. The highest BCUT2D eigenvalue weighted by atomic mass is 16.5. The summed E-state index contributed by atoms with van der Waals surface area (Å²) in [5, 5.41) is 4.82. The molecule has 0 atom stereocenters. The second kappa shape index (κ2) is 16.5. The molecule has 0 saturated heterocycles. The van der Waals surface area contributed by atoms with Gasteiger partial charge >= 0.3 is 0 Å². The molecule has 0 aliphatic carbocycles. The Hall–Kier alpha value is -10.4. The lowest BCUT2D eigenvalue weighted by Gasteiger charge is -2.42. The minimum atomic E-state index is -0.125. The number of para-hydroxylation sites is 9. The number of rotatable bonds is 7. The predicted octanol–water partition coefficient (Wildman–Crippen LogP) is 14.4. The molecule has 370 valence electrons. The molecule has 0 amide bonds. The Morgan fingerprint density at radius 1 is 0.312 bits per heavy atom. The first-order chi connectivity index (χ1) is 39.8. The van der Waals surface area contributed by atoms with Gasteiger partial charge in [0.2, 0.25) is 0 Å². The number of aromatic nitrogens is 2. The van der Waals surface area contributed by atoms with E-state index in [0.717, 1.165) is 56.8 Å². The van der Waals surface area contributed by atoms with Crippen LogP contribution in [0.1, 0.15) is 0 Å². The number of nitrogens with zero attached hydrogens (tertiary/aromatic N) is 5. The van der Waals surface area contributed by atoms with E-state index in [2.05, 4.69) is 297 Å². The highest BCUT2D eigenvalue weighted by Crippen LogP contribution is 2.51. The lowest BCUT2D eigenvalue weighted by Crippen LogP contribution is -2.63. The average Bonchev–Trinajstić information content (AvgIpc) is 4.15. The van der Waals surface area contributed by atoms with Crippen molar-refractivity contribution >= 4 is 141 Å². The van der Waals surface area contributed by atoms with E-state index in [1.54, 1.807) is 0 Å². The quantitative estimate of drug-likeness (QED) is 0.149. The van der Waals surface area contributed by atoms with E-state index < -0.39 is 0 Å². The van der Waals surface area contributed by atoms with Crippen LogP contribution < -0.4 is 52.2 Å². The van der Waals surface area contributed by atoms with Gasteiger partial charge in [0.25, 0.3) is 13.4 Å². The number of ether oxygens (including phenoxy) is 1. The molecule has 0 bridgehead atoms. The SMILES string of the molecule is c1ccc(N2c3ccccc3B3c4cc5c(cc4-n4c6ccccc6c6c(N(c7ccccc7)c7ccccc7)cc2c3c64)-n2c3ccccc3c3c(N(c4ccccc4)c4ccccc4)cc4c(c32)B5c2ccccc2O4)cc1. The fourth-order valence-corrected chi connectivity index (χ4v) is 14.4. The van der Waals surface area contributed by atoms with Gasteiger partial charge in [-0.05, 0) is 130 Å². The zero-order chi connectivity index (χ0) is 52.2. The molecule has 12 aromatic carbocycles. The van der Waals surface area contributed by atoms with E-state index in [9.17, 15) is 0 Å². The maximum absolute atomic E-state index is 7.26. The molecule has 80 heavy (non-hydrogen) atoms. The topological polar surface area (TPSA) is 28.8 Å². The van der Waals surface area contributed by atoms with Crippen LogP contribution in [0.4, 0.5) is 51.2 Å². The Morgan fingerprint density at radius 3 is 1.31 bits per heavy atom. The van der Waals surface area contributed by atoms with Gasteiger partial charge in [0.1, 0.15) is 11.5 Å². The number of benzene rings is 12. The lowest BCUT2D eigenvalue weighted by molar-refractivity contribution is 0.488. The molecule has 0 unspecified atom stereocenters. The summed E-state index contributed by atoms with van der Waals surface area (Å²) in [5.41, 5.74) is 24.6. The molecule has 6 nitrogen and oxygen atoms in total. The summed E-state index contributed by atoms with van der Waals surface area (Å²) < 4.78 is 12.5. The van der Waals surface area contributed by atoms with Gasteiger partial charge in [-0.2, -0.15) is 0 Å². The molecule has 8 heteroatoms. The van der Waals surface area contributed by atoms with Crippen LogP contribution in [0.5, 0.6) is 11.5 Å². The van der Waals surface area contributed by atoms with Gasteiger partial charge in [0.15, 0.2) is 0 Å². The van der Waals surface area contributed by atoms with Crippen molar-refractivity contribution in [3.63, 3.8) is 0 Å². The van der Waals surface area contributed by atoms with E-state index in [0.29, 0.717) is 0 Å². The average molecular weight is 1020 g/mol. The van der Waals surface area contributed by atoms with Crippen molar-refractivity contribution in [2.45, 2.75) is 0 Å². The zero-order valence-electron chi connectivity index (χ0n) is 43.3. The summed E-state index contributed by atoms with van der Waals surface area (Å²) in [4.78, 5) is 7.41. The fourth-order valence-electron chi connectivity index (χ4n) is 14.4. The number of hydrogen-bond donors (Lipinski definition) is 0. The van der Waals surface area contributed by atoms with Crippen LogP contribution in [0, 0.1) is 0 Å². The monoisotopic (exact) mass is 1020 g/mol. The van der Waals surface area contributed by atoms with Gasteiger partial charge in [-0.1, -0.05) is 170 Å². The van der Waals surface area contributed by atoms with Crippen molar-refractivity contribution in [3.8, 4) is 22.9 Å². The molecule has 0 saturated carbocycles. The van der Waals surface area contributed by atoms with E-state index in [1.807, 2.05) is 0 Å². The molecule has 4 aliphatic rings. The van der Waals surface area contributed by atoms with E-state index in [-0.39, 0.29) is 13.4 Å². The van der Waals surface area contributed by atoms with Crippen LogP contribution in [0.2, 0.25) is 0 Å². The second-order valence-corrected chi connectivity index (χ2v) is 21.5. The van der Waals surface area contributed by atoms with Gasteiger partial charge in [0, 0.05) is 78.8 Å². The Kier molecular flexibility index (Phi) is 9.03. The first-order valence-electron chi connectivity index (χ1n) is 27.7. The minimum Gasteiger partial charge on any atom is -0.458 e. The fraction of sp³-hybridized carbons (Fsp3) is 0. The van der Waals surface area contributed by atoms with Crippen molar-refractivity contribution < 1.29 is 4.74 Å². The van der Waals surface area contributed by atoms with Crippen LogP contribution in [0.3, 0.4) is 0 Å². The van der Waals surface area contributed by atoms with E-state index in [1.165, 1.54) is 93.6 Å². The van der Waals surface area contributed by atoms with Crippen LogP contribution in [-0.4, -0.2) is 22.6 Å². The normalized spacial score (nSPS) is 13.0. The molecule has 2 aromatic heterocycles. The van der Waals surface area contributed by atoms with Crippen molar-refractivity contribution in [2.24, 2.45) is 0 Å². The van der Waals surface area contributed by atoms with Crippen LogP contribution in [0.15, 0.2) is 273 Å². The molecule has 14 aromatic rings. The van der Waals surface area contributed by atoms with Crippen molar-refractivity contribution in [3.05, 3.63) is 273 Å². The highest BCUT2D eigenvalue weighted by Gasteiger charge is 2.47. The standard InChI is InChI=1S/C72H45B2N5O/c1-6-24-46(25-7-1)75(47-26-8-2-9-27-47)62-44-64-69-71-67(62)51-34-16-20-38-57(51)78(71)60-43-61-56(42-55(60)73(69)53-36-18-22-40-59(53)77(64)50-32-14-5-15-33-50)74-54-37-19-23-41-65(54)80-66-45-63(68-52-35-17-21-39-58(52)79(61)72(68)70(66)74)76(48-28-10-3-11-29-48)49-30-12-4-13-31-49/h1-45H. The molecular weight excluding hydrogens is 972 g/mol. The summed E-state index contributed by atoms with van der Waals surface area (Å²) in [6.45, 7) is -0.234. The summed E-state index contributed by atoms with van der Waals surface area (Å²) in [6.07, 6.45) is 0. The Morgan fingerprint density at radius 2 is 0.750 bits per heavy atom. The van der Waals surface area contributed by atoms with Gasteiger partial charge in [-0.3, -0.25) is 0 Å². The Bertz CT molecular complexity index is 4810. The molecule has 18 rings (SSSR count). The van der Waals surface area contributed by atoms with Gasteiger partial charge < -0.3 is 28.6 Å². The minimum absolute atomic E-state index is 0.109. The van der Waals surface area contributed by atoms with Crippen LogP contribution in [0.25, 0.3) is 55.0 Å². The third-order valence-corrected chi connectivity index (χ3v) is 17.4. The molecular formula is C72H45B2N5O. The van der Waals surface area contributed by atoms with Crippen molar-refractivity contribution in [2.75, 3.05) is 14.7 Å². The van der Waals surface area contributed by atoms with Gasteiger partial charge in [-0.25, -0.2) is 0 Å². The molecule has 6 heterocycles. The lowest BCUT2D eigenvalue weighted by atomic mass is 9.31. The maximum atomic E-state index is 7.26. The van der Waals surface area contributed by atoms with Crippen molar-refractivity contribution in [1.82, 2.24) is 9.13 Å². The summed E-state index contributed by atoms with van der Waals surface area (Å²) in [5.74, 6) is 1.76. The number of hydrogen-bond acceptors (Lipinski definition) is 4. The van der Waals surface area contributed by atoms with Crippen LogP contribution >= 0.6 is 0 Å². The number of fused-ring (bicyclic) bond motifs is 16. The summed E-state index contributed by atoms with van der Waals surface area (Å²) in [7, 11) is 0. The zero-order valence-corrected chi connectivity index (χ0v) is 43.3. The first kappa shape index (κ1) is 43.6. The number of anilines is 9. The summed E-state index contributed by atoms with van der Waals surface area (Å²) >= 11 is 0. The third kappa shape index (κ3) is 5.88. The predicted molar refractivity (Wildman–Crippen MR) is 335 cm³/mol. The smallest absolute Gasteiger partial charge is 0.256 e. The largest absolute Gasteiger partial charge is 0.458 e. The summed E-state index contributed by atoms with van der Waals surface area (Å²) in [6, 6.07) is 100. The van der Waals surface area contributed by atoms with Crippen LogP contribution in [-0.2, 0) is 0 Å². The second-order valence-electron chi connectivity index (χ2n) is 21.5.